The number of benzene rings is 2. The lowest BCUT2D eigenvalue weighted by atomic mass is 10.2. The van der Waals surface area contributed by atoms with Crippen molar-refractivity contribution in [3.05, 3.63) is 46.8 Å². The second kappa shape index (κ2) is 6.73. The first-order chi connectivity index (χ1) is 13.3. The fourth-order valence-electron chi connectivity index (χ4n) is 2.76. The standard InChI is InChI=1S/C18H17N3O5S2/c1-20(2)28(23,24)12-6-4-11(5-7-12)17(22)19-18-21(3)13-8-14-15(26-10-25-14)9-16(13)27-18/h4-9H,10H2,1-3H3. The molecular weight excluding hydrogens is 402 g/mol. The average Bonchev–Trinajstić information content (AvgIpc) is 3.24. The summed E-state index contributed by atoms with van der Waals surface area (Å²) in [5.41, 5.74) is 1.19. The molecule has 0 radical (unpaired) electrons. The van der Waals surface area contributed by atoms with E-state index in [1.165, 1.54) is 49.7 Å². The second-order valence-electron chi connectivity index (χ2n) is 6.35. The number of carbonyl (C=O) groups excluding carboxylic acids is 1. The normalized spacial score (nSPS) is 14.2. The topological polar surface area (TPSA) is 90.2 Å². The predicted octanol–water partition coefficient (Wildman–Crippen LogP) is 1.96. The fourth-order valence-corrected chi connectivity index (χ4v) is 4.68. The molecule has 4 rings (SSSR count). The lowest BCUT2D eigenvalue weighted by Gasteiger charge is -2.11. The van der Waals surface area contributed by atoms with Crippen LogP contribution in [0.25, 0.3) is 10.2 Å². The summed E-state index contributed by atoms with van der Waals surface area (Å²) in [5.74, 6) is 0.886. The van der Waals surface area contributed by atoms with Crippen molar-refractivity contribution in [2.24, 2.45) is 12.0 Å². The summed E-state index contributed by atoms with van der Waals surface area (Å²) in [6.45, 7) is 0.200. The number of thiazole rings is 1. The highest BCUT2D eigenvalue weighted by atomic mass is 32.2. The molecule has 0 N–H and O–H groups in total. The largest absolute Gasteiger partial charge is 0.454 e. The van der Waals surface area contributed by atoms with Crippen molar-refractivity contribution in [2.75, 3.05) is 20.9 Å². The number of sulfonamides is 1. The molecule has 8 nitrogen and oxygen atoms in total. The lowest BCUT2D eigenvalue weighted by Crippen LogP contribution is -2.22. The zero-order chi connectivity index (χ0) is 20.1. The van der Waals surface area contributed by atoms with E-state index in [0.717, 1.165) is 14.5 Å². The summed E-state index contributed by atoms with van der Waals surface area (Å²) in [4.78, 5) is 17.4. The Balaban J connectivity index is 1.69. The van der Waals surface area contributed by atoms with E-state index in [9.17, 15) is 13.2 Å². The number of nitrogens with zero attached hydrogens (tertiary/aromatic N) is 3. The van der Waals surface area contributed by atoms with Crippen molar-refractivity contribution >= 4 is 37.5 Å². The third-order valence-corrected chi connectivity index (χ3v) is 7.30. The van der Waals surface area contributed by atoms with Crippen molar-refractivity contribution in [2.45, 2.75) is 4.90 Å². The van der Waals surface area contributed by atoms with Crippen molar-refractivity contribution in [1.29, 1.82) is 0 Å². The number of hydrogen-bond acceptors (Lipinski definition) is 6. The Morgan fingerprint density at radius 3 is 2.43 bits per heavy atom. The van der Waals surface area contributed by atoms with Crippen molar-refractivity contribution < 1.29 is 22.7 Å². The molecule has 28 heavy (non-hydrogen) atoms. The van der Waals surface area contributed by atoms with Crippen LogP contribution in [0.3, 0.4) is 0 Å². The zero-order valence-electron chi connectivity index (χ0n) is 15.4. The monoisotopic (exact) mass is 419 g/mol. The van der Waals surface area contributed by atoms with Gasteiger partial charge in [-0.3, -0.25) is 4.79 Å². The van der Waals surface area contributed by atoms with E-state index >= 15 is 0 Å². The van der Waals surface area contributed by atoms with Crippen LogP contribution in [0.1, 0.15) is 10.4 Å². The van der Waals surface area contributed by atoms with Crippen LogP contribution in [-0.4, -0.2) is 44.1 Å². The van der Waals surface area contributed by atoms with Gasteiger partial charge < -0.3 is 14.0 Å². The molecule has 1 aliphatic rings. The van der Waals surface area contributed by atoms with Crippen molar-refractivity contribution in [3.63, 3.8) is 0 Å². The number of ether oxygens (including phenoxy) is 2. The molecule has 0 spiro atoms. The van der Waals surface area contributed by atoms with Gasteiger partial charge in [0, 0.05) is 38.8 Å². The van der Waals surface area contributed by atoms with Gasteiger partial charge in [-0.05, 0) is 24.3 Å². The van der Waals surface area contributed by atoms with Crippen LogP contribution in [0.5, 0.6) is 11.5 Å². The van der Waals surface area contributed by atoms with E-state index in [2.05, 4.69) is 4.99 Å². The molecule has 0 bridgehead atoms. The number of carbonyl (C=O) groups is 1. The highest BCUT2D eigenvalue weighted by molar-refractivity contribution is 7.89. The number of aromatic nitrogens is 1. The Bertz CT molecular complexity index is 1250. The van der Waals surface area contributed by atoms with Gasteiger partial charge in [0.15, 0.2) is 16.3 Å². The number of fused-ring (bicyclic) bond motifs is 2. The third kappa shape index (κ3) is 3.09. The Labute approximate surface area is 165 Å². The van der Waals surface area contributed by atoms with Gasteiger partial charge in [-0.1, -0.05) is 11.3 Å². The van der Waals surface area contributed by atoms with Crippen LogP contribution < -0.4 is 14.3 Å². The summed E-state index contributed by atoms with van der Waals surface area (Å²) in [6, 6.07) is 9.47. The van der Waals surface area contributed by atoms with E-state index in [4.69, 9.17) is 9.47 Å². The van der Waals surface area contributed by atoms with Crippen LogP contribution in [0, 0.1) is 0 Å². The smallest absolute Gasteiger partial charge is 0.279 e. The molecule has 2 aromatic carbocycles. The quantitative estimate of drug-likeness (QED) is 0.647. The molecule has 2 heterocycles. The molecule has 0 fully saturated rings. The first kappa shape index (κ1) is 18.7. The number of hydrogen-bond donors (Lipinski definition) is 0. The van der Waals surface area contributed by atoms with Crippen LogP contribution in [0.15, 0.2) is 46.3 Å². The highest BCUT2D eigenvalue weighted by Gasteiger charge is 2.19. The van der Waals surface area contributed by atoms with E-state index in [-0.39, 0.29) is 11.7 Å². The van der Waals surface area contributed by atoms with Gasteiger partial charge in [-0.25, -0.2) is 12.7 Å². The maximum absolute atomic E-state index is 12.6. The molecule has 1 aromatic heterocycles. The third-order valence-electron chi connectivity index (χ3n) is 4.38. The maximum Gasteiger partial charge on any atom is 0.279 e. The Morgan fingerprint density at radius 2 is 1.79 bits per heavy atom. The van der Waals surface area contributed by atoms with Crippen molar-refractivity contribution in [1.82, 2.24) is 8.87 Å². The molecule has 3 aromatic rings. The lowest BCUT2D eigenvalue weighted by molar-refractivity contribution is 0.0998. The first-order valence-corrected chi connectivity index (χ1v) is 10.5. The van der Waals surface area contributed by atoms with Crippen LogP contribution >= 0.6 is 11.3 Å². The fraction of sp³-hybridized carbons (Fsp3) is 0.222. The second-order valence-corrected chi connectivity index (χ2v) is 9.51. The van der Waals surface area contributed by atoms with E-state index in [0.29, 0.717) is 21.9 Å². The first-order valence-electron chi connectivity index (χ1n) is 8.28. The molecule has 1 aliphatic heterocycles. The minimum absolute atomic E-state index is 0.121. The van der Waals surface area contributed by atoms with Crippen LogP contribution in [-0.2, 0) is 17.1 Å². The molecule has 10 heteroatoms. The summed E-state index contributed by atoms with van der Waals surface area (Å²) in [7, 11) is 1.19. The molecule has 1 amide bonds. The van der Waals surface area contributed by atoms with Gasteiger partial charge in [0.2, 0.25) is 16.8 Å². The van der Waals surface area contributed by atoms with Gasteiger partial charge in [0.25, 0.3) is 5.91 Å². The minimum atomic E-state index is -3.54. The van der Waals surface area contributed by atoms with Crippen LogP contribution in [0.4, 0.5) is 0 Å². The van der Waals surface area contributed by atoms with Gasteiger partial charge >= 0.3 is 0 Å². The molecule has 0 saturated carbocycles. The zero-order valence-corrected chi connectivity index (χ0v) is 17.0. The van der Waals surface area contributed by atoms with Crippen LogP contribution in [0.2, 0.25) is 0 Å². The summed E-state index contributed by atoms with van der Waals surface area (Å²) >= 11 is 1.36. The van der Waals surface area contributed by atoms with Crippen molar-refractivity contribution in [3.8, 4) is 11.5 Å². The highest BCUT2D eigenvalue weighted by Crippen LogP contribution is 2.36. The molecule has 0 aliphatic carbocycles. The van der Waals surface area contributed by atoms with Gasteiger partial charge in [-0.15, -0.1) is 0 Å². The summed E-state index contributed by atoms with van der Waals surface area (Å²) < 4.78 is 38.9. The molecular formula is C18H17N3O5S2. The number of aryl methyl sites for hydroxylation is 1. The number of rotatable bonds is 3. The summed E-state index contributed by atoms with van der Waals surface area (Å²) in [5, 5.41) is 0. The Morgan fingerprint density at radius 1 is 1.14 bits per heavy atom. The van der Waals surface area contributed by atoms with E-state index < -0.39 is 15.9 Å². The summed E-state index contributed by atoms with van der Waals surface area (Å²) in [6.07, 6.45) is 0. The maximum atomic E-state index is 12.6. The van der Waals surface area contributed by atoms with Gasteiger partial charge in [0.1, 0.15) is 0 Å². The average molecular weight is 419 g/mol. The van der Waals surface area contributed by atoms with Gasteiger partial charge in [-0.2, -0.15) is 4.99 Å². The van der Waals surface area contributed by atoms with Gasteiger partial charge in [0.05, 0.1) is 15.1 Å². The Kier molecular flexibility index (Phi) is 4.48. The van der Waals surface area contributed by atoms with E-state index in [1.54, 1.807) is 0 Å². The minimum Gasteiger partial charge on any atom is -0.454 e. The Hall–Kier alpha value is -2.69. The van der Waals surface area contributed by atoms with E-state index in [1.807, 2.05) is 23.7 Å². The SMILES string of the molecule is CN(C)S(=O)(=O)c1ccc(C(=O)N=c2sc3cc4c(cc3n2C)OCO4)cc1. The molecule has 146 valence electrons. The molecule has 0 atom stereocenters. The molecule has 0 saturated heterocycles. The molecule has 0 unspecified atom stereocenters. The number of amides is 1. The predicted molar refractivity (Wildman–Crippen MR) is 104 cm³/mol.